The summed E-state index contributed by atoms with van der Waals surface area (Å²) in [5, 5.41) is 4.57. The topological polar surface area (TPSA) is 21.3 Å². The van der Waals surface area contributed by atoms with Gasteiger partial charge in [-0.3, -0.25) is 0 Å². The van der Waals surface area contributed by atoms with Crippen molar-refractivity contribution in [2.24, 2.45) is 0 Å². The summed E-state index contributed by atoms with van der Waals surface area (Å²) in [5.41, 5.74) is 1.43. The van der Waals surface area contributed by atoms with Crippen molar-refractivity contribution >= 4 is 11.6 Å². The van der Waals surface area contributed by atoms with Crippen molar-refractivity contribution in [1.82, 2.24) is 5.32 Å². The number of hydrogen-bond acceptors (Lipinski definition) is 2. The minimum Gasteiger partial charge on any atom is -0.379 e. The van der Waals surface area contributed by atoms with Crippen LogP contribution in [-0.4, -0.2) is 18.8 Å². The molecule has 1 atom stereocenters. The fourth-order valence-electron chi connectivity index (χ4n) is 2.75. The molecule has 0 bridgehead atoms. The van der Waals surface area contributed by atoms with Crippen LogP contribution in [0.15, 0.2) is 24.3 Å². The quantitative estimate of drug-likeness (QED) is 0.847. The molecule has 19 heavy (non-hydrogen) atoms. The van der Waals surface area contributed by atoms with Crippen molar-refractivity contribution in [2.75, 3.05) is 7.11 Å². The van der Waals surface area contributed by atoms with E-state index in [1.54, 1.807) is 7.11 Å². The second-order valence-electron chi connectivity index (χ2n) is 6.30. The molecule has 1 aliphatic carbocycles. The molecule has 2 rings (SSSR count). The van der Waals surface area contributed by atoms with Gasteiger partial charge in [0.15, 0.2) is 0 Å². The minimum atomic E-state index is -0.0809. The zero-order chi connectivity index (χ0) is 14.1. The molecule has 1 aromatic rings. The number of ether oxygens (including phenoxy) is 1. The number of rotatable bonds is 6. The molecule has 1 aliphatic rings. The average molecular weight is 282 g/mol. The van der Waals surface area contributed by atoms with Crippen LogP contribution in [0, 0.1) is 0 Å². The molecule has 0 saturated heterocycles. The molecule has 106 valence electrons. The zero-order valence-corrected chi connectivity index (χ0v) is 13.1. The lowest BCUT2D eigenvalue weighted by Crippen LogP contribution is -2.41. The van der Waals surface area contributed by atoms with Crippen LogP contribution in [-0.2, 0) is 10.3 Å². The highest BCUT2D eigenvalue weighted by Crippen LogP contribution is 2.46. The maximum absolute atomic E-state index is 5.96. The third-order valence-electron chi connectivity index (χ3n) is 4.02. The smallest absolute Gasteiger partial charge is 0.0637 e. The standard InChI is InChI=1S/C16H24ClNO/c1-12(11-15(2,3)19-4)18-16(9-10-16)13-5-7-14(17)8-6-13/h5-8,12,18H,9-11H2,1-4H3/t12-/m1/s1. The predicted octanol–water partition coefficient (Wildman–Crippen LogP) is 4.12. The fourth-order valence-corrected chi connectivity index (χ4v) is 2.88. The first-order valence-electron chi connectivity index (χ1n) is 6.96. The highest BCUT2D eigenvalue weighted by Gasteiger charge is 2.45. The lowest BCUT2D eigenvalue weighted by atomic mass is 9.97. The summed E-state index contributed by atoms with van der Waals surface area (Å²) in [4.78, 5) is 0. The zero-order valence-electron chi connectivity index (χ0n) is 12.3. The van der Waals surface area contributed by atoms with Gasteiger partial charge in [0.2, 0.25) is 0 Å². The van der Waals surface area contributed by atoms with E-state index in [2.05, 4.69) is 38.2 Å². The molecule has 0 radical (unpaired) electrons. The summed E-state index contributed by atoms with van der Waals surface area (Å²) in [7, 11) is 1.78. The molecule has 1 fully saturated rings. The van der Waals surface area contributed by atoms with E-state index in [4.69, 9.17) is 16.3 Å². The summed E-state index contributed by atoms with van der Waals surface area (Å²) in [5.74, 6) is 0. The van der Waals surface area contributed by atoms with E-state index in [-0.39, 0.29) is 11.1 Å². The Kier molecular flexibility index (Phi) is 4.24. The van der Waals surface area contributed by atoms with Gasteiger partial charge in [-0.2, -0.15) is 0 Å². The highest BCUT2D eigenvalue weighted by molar-refractivity contribution is 6.30. The largest absolute Gasteiger partial charge is 0.379 e. The molecule has 0 heterocycles. The van der Waals surface area contributed by atoms with E-state index in [0.717, 1.165) is 11.4 Å². The maximum Gasteiger partial charge on any atom is 0.0637 e. The summed E-state index contributed by atoms with van der Waals surface area (Å²) in [6.07, 6.45) is 3.40. The Labute approximate surface area is 121 Å². The monoisotopic (exact) mass is 281 g/mol. The lowest BCUT2D eigenvalue weighted by Gasteiger charge is -2.30. The van der Waals surface area contributed by atoms with Crippen LogP contribution in [0.25, 0.3) is 0 Å². The normalized spacial score (nSPS) is 19.2. The van der Waals surface area contributed by atoms with Crippen LogP contribution in [0.2, 0.25) is 5.02 Å². The van der Waals surface area contributed by atoms with E-state index in [1.807, 2.05) is 12.1 Å². The average Bonchev–Trinajstić information content (AvgIpc) is 3.10. The Morgan fingerprint density at radius 3 is 2.37 bits per heavy atom. The minimum absolute atomic E-state index is 0.0809. The SMILES string of the molecule is COC(C)(C)C[C@@H](C)NC1(c2ccc(Cl)cc2)CC1. The Bertz CT molecular complexity index is 423. The van der Waals surface area contributed by atoms with Crippen molar-refractivity contribution in [2.45, 2.75) is 57.2 Å². The van der Waals surface area contributed by atoms with Crippen molar-refractivity contribution in [3.63, 3.8) is 0 Å². The van der Waals surface area contributed by atoms with Crippen molar-refractivity contribution in [3.05, 3.63) is 34.9 Å². The summed E-state index contributed by atoms with van der Waals surface area (Å²) < 4.78 is 5.51. The molecule has 2 nitrogen and oxygen atoms in total. The van der Waals surface area contributed by atoms with Gasteiger partial charge >= 0.3 is 0 Å². The van der Waals surface area contributed by atoms with Crippen molar-refractivity contribution in [1.29, 1.82) is 0 Å². The highest BCUT2D eigenvalue weighted by atomic mass is 35.5. The molecule has 0 aromatic heterocycles. The van der Waals surface area contributed by atoms with Crippen LogP contribution < -0.4 is 5.32 Å². The van der Waals surface area contributed by atoms with E-state index >= 15 is 0 Å². The predicted molar refractivity (Wildman–Crippen MR) is 80.7 cm³/mol. The van der Waals surface area contributed by atoms with Gasteiger partial charge in [0.05, 0.1) is 5.60 Å². The summed E-state index contributed by atoms with van der Waals surface area (Å²) >= 11 is 5.96. The number of benzene rings is 1. The van der Waals surface area contributed by atoms with Crippen molar-refractivity contribution in [3.8, 4) is 0 Å². The van der Waals surface area contributed by atoms with Crippen LogP contribution in [0.1, 0.15) is 45.6 Å². The van der Waals surface area contributed by atoms with E-state index < -0.39 is 0 Å². The van der Waals surface area contributed by atoms with Gasteiger partial charge in [-0.05, 0) is 57.7 Å². The third-order valence-corrected chi connectivity index (χ3v) is 4.27. The molecule has 1 N–H and O–H groups in total. The van der Waals surface area contributed by atoms with Crippen molar-refractivity contribution < 1.29 is 4.74 Å². The molecular formula is C16H24ClNO. The number of nitrogens with one attached hydrogen (secondary N) is 1. The number of methoxy groups -OCH3 is 1. The third kappa shape index (κ3) is 3.71. The molecular weight excluding hydrogens is 258 g/mol. The first-order valence-corrected chi connectivity index (χ1v) is 7.34. The Hall–Kier alpha value is -0.570. The van der Waals surface area contributed by atoms with E-state index in [0.29, 0.717) is 6.04 Å². The van der Waals surface area contributed by atoms with Crippen LogP contribution in [0.3, 0.4) is 0 Å². The van der Waals surface area contributed by atoms with Gasteiger partial charge in [-0.15, -0.1) is 0 Å². The van der Waals surface area contributed by atoms with E-state index in [1.165, 1.54) is 18.4 Å². The molecule has 3 heteroatoms. The van der Waals surface area contributed by atoms with Gasteiger partial charge in [0.1, 0.15) is 0 Å². The molecule has 0 unspecified atom stereocenters. The Morgan fingerprint density at radius 2 is 1.89 bits per heavy atom. The van der Waals surface area contributed by atoms with Crippen LogP contribution >= 0.6 is 11.6 Å². The second kappa shape index (κ2) is 5.43. The Morgan fingerprint density at radius 1 is 1.32 bits per heavy atom. The van der Waals surface area contributed by atoms with E-state index in [9.17, 15) is 0 Å². The second-order valence-corrected chi connectivity index (χ2v) is 6.74. The number of hydrogen-bond donors (Lipinski definition) is 1. The lowest BCUT2D eigenvalue weighted by molar-refractivity contribution is 0.00730. The molecule has 1 aromatic carbocycles. The molecule has 0 aliphatic heterocycles. The first kappa shape index (κ1) is 14.8. The summed E-state index contributed by atoms with van der Waals surface area (Å²) in [6, 6.07) is 8.64. The first-order chi connectivity index (χ1) is 8.87. The van der Waals surface area contributed by atoms with Gasteiger partial charge < -0.3 is 10.1 Å². The molecule has 0 spiro atoms. The van der Waals surface area contributed by atoms with Gasteiger partial charge in [-0.1, -0.05) is 23.7 Å². The maximum atomic E-state index is 5.96. The Balaban J connectivity index is 2.00. The molecule has 0 amide bonds. The molecule has 1 saturated carbocycles. The van der Waals surface area contributed by atoms with Crippen LogP contribution in [0.5, 0.6) is 0 Å². The van der Waals surface area contributed by atoms with Gasteiger partial charge in [0, 0.05) is 23.7 Å². The van der Waals surface area contributed by atoms with Gasteiger partial charge in [-0.25, -0.2) is 0 Å². The number of halogens is 1. The fraction of sp³-hybridized carbons (Fsp3) is 0.625. The summed E-state index contributed by atoms with van der Waals surface area (Å²) in [6.45, 7) is 6.50. The van der Waals surface area contributed by atoms with Crippen LogP contribution in [0.4, 0.5) is 0 Å². The van der Waals surface area contributed by atoms with Gasteiger partial charge in [0.25, 0.3) is 0 Å².